The Morgan fingerprint density at radius 2 is 1.79 bits per heavy atom. The lowest BCUT2D eigenvalue weighted by atomic mass is 9.90. The van der Waals surface area contributed by atoms with Crippen LogP contribution in [-0.4, -0.2) is 18.8 Å². The molecule has 4 heteroatoms. The first-order chi connectivity index (χ1) is 13.7. The number of hydrogen-bond donors (Lipinski definition) is 2. The van der Waals surface area contributed by atoms with Crippen molar-refractivity contribution in [2.75, 3.05) is 13.7 Å². The highest BCUT2D eigenvalue weighted by Crippen LogP contribution is 2.35. The summed E-state index contributed by atoms with van der Waals surface area (Å²) < 4.78 is 11.1. The molecule has 0 spiro atoms. The van der Waals surface area contributed by atoms with E-state index < -0.39 is 0 Å². The molecule has 0 aliphatic carbocycles. The molecule has 4 nitrogen and oxygen atoms in total. The number of phenols is 1. The van der Waals surface area contributed by atoms with E-state index in [-0.39, 0.29) is 11.8 Å². The van der Waals surface area contributed by atoms with Crippen LogP contribution in [0.15, 0.2) is 66.7 Å². The molecule has 0 saturated carbocycles. The Morgan fingerprint density at radius 1 is 1.00 bits per heavy atom. The first kappa shape index (κ1) is 18.4. The Kier molecular flexibility index (Phi) is 5.49. The van der Waals surface area contributed by atoms with Gasteiger partial charge in [-0.15, -0.1) is 0 Å². The van der Waals surface area contributed by atoms with Crippen LogP contribution < -0.4 is 14.8 Å². The second kappa shape index (κ2) is 8.36. The van der Waals surface area contributed by atoms with E-state index in [1.807, 2.05) is 42.5 Å². The van der Waals surface area contributed by atoms with Crippen LogP contribution in [0.25, 0.3) is 0 Å². The van der Waals surface area contributed by atoms with Gasteiger partial charge >= 0.3 is 0 Å². The number of nitrogens with one attached hydrogen (secondary N) is 1. The predicted octanol–water partition coefficient (Wildman–Crippen LogP) is 4.41. The molecule has 28 heavy (non-hydrogen) atoms. The van der Waals surface area contributed by atoms with E-state index in [9.17, 15) is 5.11 Å². The number of fused-ring (bicyclic) bond motifs is 1. The Bertz CT molecular complexity index is 923. The van der Waals surface area contributed by atoms with Gasteiger partial charge in [-0.2, -0.15) is 0 Å². The number of benzene rings is 3. The lowest BCUT2D eigenvalue weighted by molar-refractivity contribution is 0.306. The molecular formula is C24H25NO3. The maximum Gasteiger partial charge on any atom is 0.160 e. The number of ether oxygens (including phenoxy) is 2. The number of phenolic OH excluding ortho intramolecular Hbond substituents is 1. The summed E-state index contributed by atoms with van der Waals surface area (Å²) >= 11 is 0. The zero-order chi connectivity index (χ0) is 19.3. The standard InChI is InChI=1S/C24H25NO3/c1-27-24-14-19-11-12-25-22(21(19)15-23(24)26)13-17-7-9-20(10-8-17)28-16-18-5-3-2-4-6-18/h2-10,14-15,22,25-26H,11-13,16H2,1H3/t22-/m0/s1. The molecule has 0 amide bonds. The van der Waals surface area contributed by atoms with E-state index in [1.165, 1.54) is 11.1 Å². The fourth-order valence-corrected chi connectivity index (χ4v) is 3.70. The summed E-state index contributed by atoms with van der Waals surface area (Å²) in [5, 5.41) is 13.7. The van der Waals surface area contributed by atoms with E-state index in [0.717, 1.165) is 36.3 Å². The van der Waals surface area contributed by atoms with E-state index in [2.05, 4.69) is 29.6 Å². The van der Waals surface area contributed by atoms with Crippen LogP contribution in [0.1, 0.15) is 28.3 Å². The Labute approximate surface area is 165 Å². The number of hydrogen-bond acceptors (Lipinski definition) is 4. The molecule has 3 aromatic carbocycles. The average Bonchev–Trinajstić information content (AvgIpc) is 2.74. The second-order valence-corrected chi connectivity index (χ2v) is 7.10. The van der Waals surface area contributed by atoms with Crippen molar-refractivity contribution in [2.24, 2.45) is 0 Å². The van der Waals surface area contributed by atoms with Crippen LogP contribution in [-0.2, 0) is 19.4 Å². The first-order valence-electron chi connectivity index (χ1n) is 9.62. The van der Waals surface area contributed by atoms with Gasteiger partial charge in [-0.25, -0.2) is 0 Å². The fourth-order valence-electron chi connectivity index (χ4n) is 3.70. The molecule has 0 aromatic heterocycles. The van der Waals surface area contributed by atoms with Gasteiger partial charge in [0.2, 0.25) is 0 Å². The lowest BCUT2D eigenvalue weighted by Crippen LogP contribution is -2.31. The molecule has 0 unspecified atom stereocenters. The van der Waals surface area contributed by atoms with Gasteiger partial charge < -0.3 is 19.9 Å². The highest BCUT2D eigenvalue weighted by atomic mass is 16.5. The third-order valence-electron chi connectivity index (χ3n) is 5.21. The Morgan fingerprint density at radius 3 is 2.54 bits per heavy atom. The summed E-state index contributed by atoms with van der Waals surface area (Å²) in [7, 11) is 1.58. The van der Waals surface area contributed by atoms with Gasteiger partial charge in [0, 0.05) is 6.04 Å². The molecule has 1 aliphatic rings. The lowest BCUT2D eigenvalue weighted by Gasteiger charge is -2.28. The van der Waals surface area contributed by atoms with Crippen LogP contribution in [0.3, 0.4) is 0 Å². The normalized spacial score (nSPS) is 15.7. The molecule has 2 N–H and O–H groups in total. The van der Waals surface area contributed by atoms with Gasteiger partial charge in [0.25, 0.3) is 0 Å². The maximum absolute atomic E-state index is 10.2. The van der Waals surface area contributed by atoms with Gasteiger partial charge in [-0.1, -0.05) is 42.5 Å². The van der Waals surface area contributed by atoms with Crippen LogP contribution in [0.4, 0.5) is 0 Å². The third kappa shape index (κ3) is 4.12. The molecule has 1 aliphatic heterocycles. The summed E-state index contributed by atoms with van der Waals surface area (Å²) in [5.74, 6) is 1.60. The van der Waals surface area contributed by atoms with Crippen molar-refractivity contribution in [1.29, 1.82) is 0 Å². The monoisotopic (exact) mass is 375 g/mol. The number of methoxy groups -OCH3 is 1. The van der Waals surface area contributed by atoms with Crippen molar-refractivity contribution in [2.45, 2.75) is 25.5 Å². The van der Waals surface area contributed by atoms with Crippen molar-refractivity contribution in [3.63, 3.8) is 0 Å². The van der Waals surface area contributed by atoms with Crippen LogP contribution >= 0.6 is 0 Å². The minimum atomic E-state index is 0.177. The van der Waals surface area contributed by atoms with Gasteiger partial charge in [0.1, 0.15) is 12.4 Å². The van der Waals surface area contributed by atoms with Gasteiger partial charge in [-0.3, -0.25) is 0 Å². The summed E-state index contributed by atoms with van der Waals surface area (Å²) in [4.78, 5) is 0. The topological polar surface area (TPSA) is 50.7 Å². The van der Waals surface area contributed by atoms with Crippen LogP contribution in [0.5, 0.6) is 17.2 Å². The molecule has 144 valence electrons. The SMILES string of the molecule is COc1cc2c(cc1O)[C@H](Cc1ccc(OCc3ccccc3)cc1)NCC2. The summed E-state index contributed by atoms with van der Waals surface area (Å²) in [6, 6.07) is 22.4. The van der Waals surface area contributed by atoms with Crippen LogP contribution in [0, 0.1) is 0 Å². The minimum Gasteiger partial charge on any atom is -0.504 e. The molecular weight excluding hydrogens is 350 g/mol. The number of rotatable bonds is 6. The minimum absolute atomic E-state index is 0.177. The molecule has 0 fully saturated rings. The summed E-state index contributed by atoms with van der Waals surface area (Å²) in [6.45, 7) is 1.49. The molecule has 0 saturated heterocycles. The highest BCUT2D eigenvalue weighted by molar-refractivity contribution is 5.49. The van der Waals surface area contributed by atoms with Crippen molar-refractivity contribution >= 4 is 0 Å². The van der Waals surface area contributed by atoms with Crippen molar-refractivity contribution in [3.05, 3.63) is 89.0 Å². The quantitative estimate of drug-likeness (QED) is 0.670. The smallest absolute Gasteiger partial charge is 0.160 e. The summed E-state index contributed by atoms with van der Waals surface area (Å²) in [6.07, 6.45) is 1.80. The molecule has 0 bridgehead atoms. The van der Waals surface area contributed by atoms with Gasteiger partial charge in [0.05, 0.1) is 7.11 Å². The fraction of sp³-hybridized carbons (Fsp3) is 0.250. The van der Waals surface area contributed by atoms with Crippen molar-refractivity contribution in [3.8, 4) is 17.2 Å². The second-order valence-electron chi connectivity index (χ2n) is 7.10. The highest BCUT2D eigenvalue weighted by Gasteiger charge is 2.22. The van der Waals surface area contributed by atoms with Gasteiger partial charge in [0.15, 0.2) is 11.5 Å². The van der Waals surface area contributed by atoms with Gasteiger partial charge in [-0.05, 0) is 65.9 Å². The largest absolute Gasteiger partial charge is 0.504 e. The van der Waals surface area contributed by atoms with Crippen LogP contribution in [0.2, 0.25) is 0 Å². The Hall–Kier alpha value is -2.98. The molecule has 1 heterocycles. The maximum atomic E-state index is 10.2. The molecule has 4 rings (SSSR count). The molecule has 0 radical (unpaired) electrons. The zero-order valence-corrected chi connectivity index (χ0v) is 16.0. The van der Waals surface area contributed by atoms with E-state index in [1.54, 1.807) is 7.11 Å². The summed E-state index contributed by atoms with van der Waals surface area (Å²) in [5.41, 5.74) is 4.77. The van der Waals surface area contributed by atoms with Crippen molar-refractivity contribution in [1.82, 2.24) is 5.32 Å². The van der Waals surface area contributed by atoms with E-state index >= 15 is 0 Å². The third-order valence-corrected chi connectivity index (χ3v) is 5.21. The van der Waals surface area contributed by atoms with E-state index in [0.29, 0.717) is 12.4 Å². The first-order valence-corrected chi connectivity index (χ1v) is 9.62. The van der Waals surface area contributed by atoms with Crippen molar-refractivity contribution < 1.29 is 14.6 Å². The van der Waals surface area contributed by atoms with E-state index in [4.69, 9.17) is 9.47 Å². The number of aromatic hydroxyl groups is 1. The zero-order valence-electron chi connectivity index (χ0n) is 16.0. The molecule has 3 aromatic rings. The Balaban J connectivity index is 1.43. The molecule has 1 atom stereocenters. The predicted molar refractivity (Wildman–Crippen MR) is 110 cm³/mol. The average molecular weight is 375 g/mol.